The van der Waals surface area contributed by atoms with Gasteiger partial charge in [0.1, 0.15) is 11.6 Å². The smallest absolute Gasteiger partial charge is 0.331 e. The molecule has 1 aliphatic rings. The van der Waals surface area contributed by atoms with Crippen molar-refractivity contribution in [3.05, 3.63) is 29.0 Å². The van der Waals surface area contributed by atoms with Crippen LogP contribution in [0.25, 0.3) is 0 Å². The van der Waals surface area contributed by atoms with Crippen LogP contribution in [-0.2, 0) is 4.79 Å². The second-order valence-corrected chi connectivity index (χ2v) is 5.55. The van der Waals surface area contributed by atoms with Crippen LogP contribution in [0.15, 0.2) is 18.2 Å². The second-order valence-electron chi connectivity index (χ2n) is 5.14. The van der Waals surface area contributed by atoms with E-state index in [1.807, 2.05) is 0 Å². The molecule has 0 saturated carbocycles. The minimum Gasteiger partial charge on any atom is -0.484 e. The van der Waals surface area contributed by atoms with E-state index in [0.29, 0.717) is 25.9 Å². The molecule has 1 aromatic rings. The molecule has 0 unspecified atom stereocenters. The molecule has 3 amide bonds. The van der Waals surface area contributed by atoms with Gasteiger partial charge in [-0.15, -0.1) is 0 Å². The van der Waals surface area contributed by atoms with Crippen molar-refractivity contribution in [2.24, 2.45) is 5.84 Å². The first-order chi connectivity index (χ1) is 11.0. The number of carbonyl (C=O) groups excluding carboxylic acids is 2. The topological polar surface area (TPSA) is 96.7 Å². The number of nitrogens with one attached hydrogen (secondary N) is 2. The highest BCUT2D eigenvalue weighted by atomic mass is 35.5. The predicted octanol–water partition coefficient (Wildman–Crippen LogP) is 1.02. The maximum atomic E-state index is 13.2. The largest absolute Gasteiger partial charge is 0.484 e. The Morgan fingerprint density at radius 3 is 2.70 bits per heavy atom. The summed E-state index contributed by atoms with van der Waals surface area (Å²) in [5.74, 6) is 4.40. The number of benzene rings is 1. The van der Waals surface area contributed by atoms with E-state index in [-0.39, 0.29) is 35.4 Å². The van der Waals surface area contributed by atoms with E-state index in [0.717, 1.165) is 6.07 Å². The third-order valence-corrected chi connectivity index (χ3v) is 3.84. The summed E-state index contributed by atoms with van der Waals surface area (Å²) in [5.41, 5.74) is 2.08. The lowest BCUT2D eigenvalue weighted by atomic mass is 10.1. The first-order valence-corrected chi connectivity index (χ1v) is 7.50. The van der Waals surface area contributed by atoms with E-state index >= 15 is 0 Å². The Bertz CT molecular complexity index is 579. The van der Waals surface area contributed by atoms with Crippen molar-refractivity contribution in [3.63, 3.8) is 0 Å². The number of hydrogen-bond acceptors (Lipinski definition) is 4. The van der Waals surface area contributed by atoms with Gasteiger partial charge in [-0.3, -0.25) is 10.2 Å². The van der Waals surface area contributed by atoms with E-state index in [2.05, 4.69) is 10.7 Å². The fourth-order valence-corrected chi connectivity index (χ4v) is 2.42. The predicted molar refractivity (Wildman–Crippen MR) is 82.4 cm³/mol. The summed E-state index contributed by atoms with van der Waals surface area (Å²) >= 11 is 5.57. The Morgan fingerprint density at radius 1 is 1.39 bits per heavy atom. The van der Waals surface area contributed by atoms with Crippen LogP contribution in [0.4, 0.5) is 9.18 Å². The maximum absolute atomic E-state index is 13.2. The number of hydrogen-bond donors (Lipinski definition) is 3. The standard InChI is InChI=1S/C14H18ClFN4O3/c15-11-2-1-10(7-12(11)16)23-8-13(21)18-9-3-5-20(6-4-9)14(22)19-17/h1-2,7,9H,3-6,8,17H2,(H,18,21)(H,19,22). The maximum Gasteiger partial charge on any atom is 0.331 e. The molecule has 4 N–H and O–H groups in total. The number of nitrogens with zero attached hydrogens (tertiary/aromatic N) is 1. The van der Waals surface area contributed by atoms with Gasteiger partial charge in [0.25, 0.3) is 5.91 Å². The summed E-state index contributed by atoms with van der Waals surface area (Å²) in [7, 11) is 0. The fraction of sp³-hybridized carbons (Fsp3) is 0.429. The van der Waals surface area contributed by atoms with Gasteiger partial charge in [0, 0.05) is 25.2 Å². The molecule has 126 valence electrons. The summed E-state index contributed by atoms with van der Waals surface area (Å²) in [6.45, 7) is 0.805. The molecule has 1 aliphatic heterocycles. The van der Waals surface area contributed by atoms with Crippen LogP contribution in [0.2, 0.25) is 5.02 Å². The van der Waals surface area contributed by atoms with Crippen LogP contribution in [-0.4, -0.2) is 42.6 Å². The average Bonchev–Trinajstić information content (AvgIpc) is 2.56. The highest BCUT2D eigenvalue weighted by Crippen LogP contribution is 2.20. The van der Waals surface area contributed by atoms with Gasteiger partial charge in [0.15, 0.2) is 6.61 Å². The number of likely N-dealkylation sites (tertiary alicyclic amines) is 1. The van der Waals surface area contributed by atoms with E-state index in [4.69, 9.17) is 22.2 Å². The molecule has 0 bridgehead atoms. The zero-order valence-corrected chi connectivity index (χ0v) is 13.1. The SMILES string of the molecule is NNC(=O)N1CCC(NC(=O)COc2ccc(Cl)c(F)c2)CC1. The number of urea groups is 1. The van der Waals surface area contributed by atoms with Crippen LogP contribution >= 0.6 is 11.6 Å². The van der Waals surface area contributed by atoms with Crippen molar-refractivity contribution in [2.45, 2.75) is 18.9 Å². The molecule has 23 heavy (non-hydrogen) atoms. The van der Waals surface area contributed by atoms with E-state index in [1.165, 1.54) is 12.1 Å². The lowest BCUT2D eigenvalue weighted by molar-refractivity contribution is -0.124. The van der Waals surface area contributed by atoms with Crippen LogP contribution in [0, 0.1) is 5.82 Å². The van der Waals surface area contributed by atoms with Gasteiger partial charge in [-0.05, 0) is 25.0 Å². The van der Waals surface area contributed by atoms with Gasteiger partial charge in [-0.1, -0.05) is 11.6 Å². The zero-order valence-electron chi connectivity index (χ0n) is 12.4. The highest BCUT2D eigenvalue weighted by Gasteiger charge is 2.23. The number of hydrazine groups is 1. The van der Waals surface area contributed by atoms with Gasteiger partial charge < -0.3 is 15.0 Å². The molecule has 1 saturated heterocycles. The molecule has 1 fully saturated rings. The molecule has 0 spiro atoms. The number of rotatable bonds is 4. The Labute approximate surface area is 137 Å². The van der Waals surface area contributed by atoms with E-state index in [1.54, 1.807) is 4.90 Å². The Kier molecular flexibility index (Phi) is 6.00. The number of halogens is 2. The normalized spacial score (nSPS) is 15.2. The summed E-state index contributed by atoms with van der Waals surface area (Å²) in [5, 5.41) is 2.81. The van der Waals surface area contributed by atoms with Crippen molar-refractivity contribution in [2.75, 3.05) is 19.7 Å². The van der Waals surface area contributed by atoms with Crippen molar-refractivity contribution in [1.29, 1.82) is 0 Å². The zero-order chi connectivity index (χ0) is 16.8. The monoisotopic (exact) mass is 344 g/mol. The van der Waals surface area contributed by atoms with Gasteiger partial charge >= 0.3 is 6.03 Å². The molecule has 1 aromatic carbocycles. The molecule has 1 heterocycles. The average molecular weight is 345 g/mol. The number of nitrogens with two attached hydrogens (primary N) is 1. The van der Waals surface area contributed by atoms with Crippen LogP contribution in [0.5, 0.6) is 5.75 Å². The van der Waals surface area contributed by atoms with Crippen LogP contribution < -0.4 is 21.3 Å². The molecular formula is C14H18ClFN4O3. The van der Waals surface area contributed by atoms with Crippen molar-refractivity contribution in [1.82, 2.24) is 15.6 Å². The van der Waals surface area contributed by atoms with Gasteiger partial charge in [0.2, 0.25) is 0 Å². The first kappa shape index (κ1) is 17.3. The molecule has 0 radical (unpaired) electrons. The number of carbonyl (C=O) groups is 2. The third kappa shape index (κ3) is 4.97. The molecule has 0 aromatic heterocycles. The molecule has 0 aliphatic carbocycles. The summed E-state index contributed by atoms with van der Waals surface area (Å²) in [6.07, 6.45) is 1.27. The number of ether oxygens (including phenoxy) is 1. The fourth-order valence-electron chi connectivity index (χ4n) is 2.30. The summed E-state index contributed by atoms with van der Waals surface area (Å²) in [4.78, 5) is 24.8. The second kappa shape index (κ2) is 7.98. The van der Waals surface area contributed by atoms with E-state index in [9.17, 15) is 14.0 Å². The van der Waals surface area contributed by atoms with Gasteiger partial charge in [0.05, 0.1) is 5.02 Å². The van der Waals surface area contributed by atoms with Gasteiger partial charge in [-0.25, -0.2) is 15.0 Å². The quantitative estimate of drug-likeness (QED) is 0.431. The van der Waals surface area contributed by atoms with Crippen molar-refractivity contribution in [3.8, 4) is 5.75 Å². The highest BCUT2D eigenvalue weighted by molar-refractivity contribution is 6.30. The Hall–Kier alpha value is -2.06. The Morgan fingerprint density at radius 2 is 2.09 bits per heavy atom. The number of amides is 3. The van der Waals surface area contributed by atoms with Crippen molar-refractivity contribution >= 4 is 23.5 Å². The number of piperidine rings is 1. The lowest BCUT2D eigenvalue weighted by Gasteiger charge is -2.31. The molecular weight excluding hydrogens is 327 g/mol. The molecule has 0 atom stereocenters. The third-order valence-electron chi connectivity index (χ3n) is 3.53. The summed E-state index contributed by atoms with van der Waals surface area (Å²) in [6, 6.07) is 3.61. The minimum atomic E-state index is -0.602. The molecule has 7 nitrogen and oxygen atoms in total. The summed E-state index contributed by atoms with van der Waals surface area (Å²) < 4.78 is 18.5. The van der Waals surface area contributed by atoms with E-state index < -0.39 is 5.82 Å². The van der Waals surface area contributed by atoms with Crippen LogP contribution in [0.1, 0.15) is 12.8 Å². The lowest BCUT2D eigenvalue weighted by Crippen LogP contribution is -2.51. The van der Waals surface area contributed by atoms with Gasteiger partial charge in [-0.2, -0.15) is 0 Å². The Balaban J connectivity index is 1.73. The molecule has 2 rings (SSSR count). The minimum absolute atomic E-state index is 0.00456. The first-order valence-electron chi connectivity index (χ1n) is 7.12. The van der Waals surface area contributed by atoms with Crippen molar-refractivity contribution < 1.29 is 18.7 Å². The van der Waals surface area contributed by atoms with Crippen LogP contribution in [0.3, 0.4) is 0 Å². The molecule has 9 heteroatoms.